The maximum absolute atomic E-state index is 13.9. The van der Waals surface area contributed by atoms with Gasteiger partial charge in [0.1, 0.15) is 42.3 Å². The lowest BCUT2D eigenvalue weighted by Gasteiger charge is -2.29. The first-order valence-electron chi connectivity index (χ1n) is 21.3. The number of nitrogens with two attached hydrogens (primary N) is 1. The molecule has 21 nitrogen and oxygen atoms in total. The van der Waals surface area contributed by atoms with Gasteiger partial charge in [-0.15, -0.1) is 0 Å². The average Bonchev–Trinajstić information content (AvgIpc) is 3.61. The number of carboxylic acids is 2. The number of hydrogen-bond donors (Lipinski definition) is 12. The number of carbonyl (C=O) groups is 9. The van der Waals surface area contributed by atoms with Crippen LogP contribution in [0.1, 0.15) is 87.1 Å². The molecule has 21 heteroatoms. The largest absolute Gasteiger partial charge is 0.481 e. The van der Waals surface area contributed by atoms with Crippen LogP contribution in [0.15, 0.2) is 30.5 Å². The molecule has 7 amide bonds. The molecule has 64 heavy (non-hydrogen) atoms. The van der Waals surface area contributed by atoms with Crippen LogP contribution in [0.4, 0.5) is 0 Å². The molecule has 0 aliphatic heterocycles. The van der Waals surface area contributed by atoms with Crippen molar-refractivity contribution in [1.29, 1.82) is 0 Å². The van der Waals surface area contributed by atoms with Gasteiger partial charge in [-0.1, -0.05) is 73.6 Å². The Hall–Kier alpha value is -6.09. The molecule has 0 bridgehead atoms. The van der Waals surface area contributed by atoms with Crippen molar-refractivity contribution < 1.29 is 58.5 Å². The van der Waals surface area contributed by atoms with E-state index in [0.29, 0.717) is 5.56 Å². The third kappa shape index (κ3) is 16.9. The molecule has 0 saturated carbocycles. The van der Waals surface area contributed by atoms with Crippen molar-refractivity contribution in [3.05, 3.63) is 36.0 Å². The molecule has 1 heterocycles. The minimum absolute atomic E-state index is 0.0525. The van der Waals surface area contributed by atoms with E-state index in [1.807, 2.05) is 0 Å². The van der Waals surface area contributed by atoms with Crippen molar-refractivity contribution >= 4 is 64.2 Å². The Labute approximate surface area is 372 Å². The van der Waals surface area contributed by atoms with Crippen LogP contribution < -0.4 is 43.0 Å². The van der Waals surface area contributed by atoms with Gasteiger partial charge in [0.05, 0.1) is 19.1 Å². The summed E-state index contributed by atoms with van der Waals surface area (Å²) < 4.78 is 0. The predicted molar refractivity (Wildman–Crippen MR) is 235 cm³/mol. The summed E-state index contributed by atoms with van der Waals surface area (Å²) in [5, 5.41) is 47.3. The lowest BCUT2D eigenvalue weighted by Crippen LogP contribution is -2.61. The van der Waals surface area contributed by atoms with E-state index >= 15 is 0 Å². The van der Waals surface area contributed by atoms with Gasteiger partial charge < -0.3 is 63.3 Å². The van der Waals surface area contributed by atoms with Crippen molar-refractivity contribution in [2.24, 2.45) is 29.4 Å². The second-order valence-corrected chi connectivity index (χ2v) is 17.5. The van der Waals surface area contributed by atoms with E-state index in [2.05, 4.69) is 42.2 Å². The molecule has 13 N–H and O–H groups in total. The third-order valence-electron chi connectivity index (χ3n) is 10.2. The van der Waals surface area contributed by atoms with Gasteiger partial charge in [0.15, 0.2) is 0 Å². The predicted octanol–water partition coefficient (Wildman–Crippen LogP) is -0.593. The number of aliphatic hydroxyl groups excluding tert-OH is 1. The fourth-order valence-corrected chi connectivity index (χ4v) is 6.66. The maximum atomic E-state index is 13.9. The highest BCUT2D eigenvalue weighted by Gasteiger charge is 2.35. The van der Waals surface area contributed by atoms with Crippen molar-refractivity contribution in [2.45, 2.75) is 136 Å². The Bertz CT molecular complexity index is 1970. The molecule has 0 radical (unpaired) electrons. The minimum atomic E-state index is -1.64. The standard InChI is InChI=1S/C43H67N9O12/c1-20(2)14-29(47-39(59)30(15-21(3)4)49-42(62)34(22(5)6)51-37(57)27(44)17-33(54)55)40(60)50-32(19-53)41(61)48-31(16-25-18-45-28-13-11-10-12-26(25)28)38(58)46-24(9)36(56)52-35(23(7)8)43(63)64/h10-13,18,20-24,27,29-32,34-35,45,53H,14-17,19,44H2,1-9H3,(H,46,58)(H,47,59)(H,48,61)(H,49,62)(H,50,60)(H,51,57)(H,52,56)(H,54,55)(H,63,64)/t24-,27-,29-,30-,31-,32-,34-,35-/m0/s1. The first-order valence-corrected chi connectivity index (χ1v) is 21.3. The van der Waals surface area contributed by atoms with Gasteiger partial charge in [-0.2, -0.15) is 0 Å². The summed E-state index contributed by atoms with van der Waals surface area (Å²) in [5.41, 5.74) is 7.04. The van der Waals surface area contributed by atoms with Gasteiger partial charge in [0, 0.05) is 23.5 Å². The van der Waals surface area contributed by atoms with Crippen LogP contribution in [-0.4, -0.2) is 129 Å². The Morgan fingerprint density at radius 3 is 1.55 bits per heavy atom. The van der Waals surface area contributed by atoms with Crippen LogP contribution >= 0.6 is 0 Å². The first kappa shape index (κ1) is 54.0. The van der Waals surface area contributed by atoms with E-state index < -0.39 is 126 Å². The molecule has 0 unspecified atom stereocenters. The number of amides is 7. The van der Waals surface area contributed by atoms with E-state index in [9.17, 15) is 53.4 Å². The first-order chi connectivity index (χ1) is 29.9. The van der Waals surface area contributed by atoms with E-state index in [4.69, 9.17) is 10.8 Å². The Morgan fingerprint density at radius 2 is 1.05 bits per heavy atom. The van der Waals surface area contributed by atoms with Crippen LogP contribution in [0.5, 0.6) is 0 Å². The van der Waals surface area contributed by atoms with E-state index in [1.165, 1.54) is 6.92 Å². The number of aromatic nitrogens is 1. The second-order valence-electron chi connectivity index (χ2n) is 17.5. The summed E-state index contributed by atoms with van der Waals surface area (Å²) in [6.07, 6.45) is 1.01. The topological polar surface area (TPSA) is 340 Å². The highest BCUT2D eigenvalue weighted by molar-refractivity contribution is 5.98. The van der Waals surface area contributed by atoms with Gasteiger partial charge in [0.2, 0.25) is 41.4 Å². The molecule has 356 valence electrons. The smallest absolute Gasteiger partial charge is 0.326 e. The second kappa shape index (κ2) is 25.3. The minimum Gasteiger partial charge on any atom is -0.481 e. The molecule has 0 spiro atoms. The number of fused-ring (bicyclic) bond motifs is 1. The quantitative estimate of drug-likeness (QED) is 0.0563. The molecule has 8 atom stereocenters. The zero-order valence-corrected chi connectivity index (χ0v) is 37.9. The fraction of sp³-hybridized carbons (Fsp3) is 0.605. The summed E-state index contributed by atoms with van der Waals surface area (Å²) in [4.78, 5) is 120. The lowest BCUT2D eigenvalue weighted by atomic mass is 9.98. The highest BCUT2D eigenvalue weighted by atomic mass is 16.4. The molecule has 2 aromatic rings. The Kier molecular flexibility index (Phi) is 21.3. The number of aromatic amines is 1. The number of para-hydroxylation sites is 1. The lowest BCUT2D eigenvalue weighted by molar-refractivity contribution is -0.143. The van der Waals surface area contributed by atoms with Crippen LogP contribution in [-0.2, 0) is 49.6 Å². The van der Waals surface area contributed by atoms with Gasteiger partial charge in [0.25, 0.3) is 0 Å². The normalized spacial score (nSPS) is 15.2. The molecular weight excluding hydrogens is 835 g/mol. The fourth-order valence-electron chi connectivity index (χ4n) is 6.66. The van der Waals surface area contributed by atoms with Gasteiger partial charge in [-0.05, 0) is 55.1 Å². The van der Waals surface area contributed by atoms with Crippen molar-refractivity contribution in [3.63, 3.8) is 0 Å². The summed E-state index contributed by atoms with van der Waals surface area (Å²) in [7, 11) is 0. The highest BCUT2D eigenvalue weighted by Crippen LogP contribution is 2.20. The monoisotopic (exact) mass is 901 g/mol. The molecule has 0 aliphatic carbocycles. The summed E-state index contributed by atoms with van der Waals surface area (Å²) in [5.74, 6) is -9.76. The van der Waals surface area contributed by atoms with Gasteiger partial charge in [-0.25, -0.2) is 4.79 Å². The molecule has 0 aliphatic rings. The average molecular weight is 902 g/mol. The van der Waals surface area contributed by atoms with Crippen molar-refractivity contribution in [2.75, 3.05) is 6.61 Å². The SMILES string of the molecule is CC(C)C[C@H](NC(=O)[C@H](CC(C)C)NC(=O)[C@@H](NC(=O)[C@@H](N)CC(=O)O)C(C)C)C(=O)N[C@@H](CO)C(=O)N[C@@H](Cc1c[nH]c2ccccc12)C(=O)N[C@@H](C)C(=O)N[C@H](C(=O)O)C(C)C. The molecule has 1 aromatic heterocycles. The van der Waals surface area contributed by atoms with E-state index in [-0.39, 0.29) is 31.1 Å². The number of carboxylic acid groups (broad SMARTS) is 2. The maximum Gasteiger partial charge on any atom is 0.326 e. The zero-order chi connectivity index (χ0) is 48.6. The van der Waals surface area contributed by atoms with Crippen LogP contribution in [0.2, 0.25) is 0 Å². The Balaban J connectivity index is 2.34. The number of aliphatic hydroxyl groups is 1. The summed E-state index contributed by atoms with van der Waals surface area (Å²) >= 11 is 0. The molecular formula is C43H67N9O12. The van der Waals surface area contributed by atoms with Crippen molar-refractivity contribution in [3.8, 4) is 0 Å². The van der Waals surface area contributed by atoms with Crippen LogP contribution in [0.3, 0.4) is 0 Å². The molecule has 2 rings (SSSR count). The molecule has 0 saturated heterocycles. The number of aliphatic carboxylic acids is 2. The molecule has 0 fully saturated rings. The van der Waals surface area contributed by atoms with Crippen molar-refractivity contribution in [1.82, 2.24) is 42.2 Å². The van der Waals surface area contributed by atoms with E-state index in [0.717, 1.165) is 10.9 Å². The third-order valence-corrected chi connectivity index (χ3v) is 10.2. The zero-order valence-electron chi connectivity index (χ0n) is 37.9. The van der Waals surface area contributed by atoms with Crippen LogP contribution in [0.25, 0.3) is 10.9 Å². The number of H-pyrrole nitrogens is 1. The molecule has 1 aromatic carbocycles. The number of hydrogen-bond acceptors (Lipinski definition) is 11. The van der Waals surface area contributed by atoms with Crippen LogP contribution in [0, 0.1) is 23.7 Å². The van der Waals surface area contributed by atoms with Gasteiger partial charge >= 0.3 is 11.9 Å². The summed E-state index contributed by atoms with van der Waals surface area (Å²) in [6.45, 7) is 14.0. The Morgan fingerprint density at radius 1 is 0.578 bits per heavy atom. The van der Waals surface area contributed by atoms with Gasteiger partial charge in [-0.3, -0.25) is 38.4 Å². The number of rotatable bonds is 26. The number of benzene rings is 1. The number of nitrogens with one attached hydrogen (secondary N) is 8. The number of carbonyl (C=O) groups excluding carboxylic acids is 7. The summed E-state index contributed by atoms with van der Waals surface area (Å²) in [6, 6.07) is -3.47. The van der Waals surface area contributed by atoms with E-state index in [1.54, 1.807) is 85.9 Å².